The molecule has 1 unspecified atom stereocenters. The van der Waals surface area contributed by atoms with Crippen molar-refractivity contribution >= 4 is 21.6 Å². The molecule has 0 spiro atoms. The summed E-state index contributed by atoms with van der Waals surface area (Å²) in [6.45, 7) is 5.37. The third-order valence-electron chi connectivity index (χ3n) is 3.76. The van der Waals surface area contributed by atoms with Crippen molar-refractivity contribution < 1.29 is 4.74 Å². The molecule has 1 aliphatic rings. The maximum Gasteiger partial charge on any atom is 0.0507 e. The van der Waals surface area contributed by atoms with Crippen molar-refractivity contribution in [2.45, 2.75) is 25.1 Å². The maximum absolute atomic E-state index is 5.29. The number of aryl methyl sites for hydroxylation is 1. The number of anilines is 1. The minimum Gasteiger partial charge on any atom is -0.384 e. The van der Waals surface area contributed by atoms with Gasteiger partial charge >= 0.3 is 0 Å². The van der Waals surface area contributed by atoms with Gasteiger partial charge in [0.2, 0.25) is 0 Å². The number of hydrogen-bond acceptors (Lipinski definition) is 2. The van der Waals surface area contributed by atoms with E-state index in [2.05, 4.69) is 46.0 Å². The first kappa shape index (κ1) is 13.9. The number of benzene rings is 1. The maximum atomic E-state index is 5.29. The molecule has 18 heavy (non-hydrogen) atoms. The van der Waals surface area contributed by atoms with Crippen LogP contribution in [0.1, 0.15) is 24.0 Å². The zero-order chi connectivity index (χ0) is 13.0. The smallest absolute Gasteiger partial charge is 0.0507 e. The van der Waals surface area contributed by atoms with Crippen molar-refractivity contribution in [1.29, 1.82) is 0 Å². The highest BCUT2D eigenvalue weighted by Crippen LogP contribution is 2.26. The van der Waals surface area contributed by atoms with E-state index in [1.165, 1.54) is 36.2 Å². The van der Waals surface area contributed by atoms with Gasteiger partial charge in [-0.25, -0.2) is 0 Å². The van der Waals surface area contributed by atoms with E-state index in [-0.39, 0.29) is 0 Å². The molecule has 0 aliphatic carbocycles. The van der Waals surface area contributed by atoms with Crippen molar-refractivity contribution in [2.75, 3.05) is 31.7 Å². The van der Waals surface area contributed by atoms with Crippen LogP contribution in [0.5, 0.6) is 0 Å². The lowest BCUT2D eigenvalue weighted by Crippen LogP contribution is -2.37. The van der Waals surface area contributed by atoms with Crippen LogP contribution < -0.4 is 4.90 Å². The minimum absolute atomic E-state index is 0.680. The van der Waals surface area contributed by atoms with Crippen LogP contribution in [-0.2, 0) is 10.1 Å². The van der Waals surface area contributed by atoms with Crippen molar-refractivity contribution in [3.8, 4) is 0 Å². The van der Waals surface area contributed by atoms with Gasteiger partial charge in [-0.05, 0) is 48.9 Å². The first-order valence-electron chi connectivity index (χ1n) is 6.64. The lowest BCUT2D eigenvalue weighted by Gasteiger charge is -2.34. The molecule has 0 saturated carbocycles. The summed E-state index contributed by atoms with van der Waals surface area (Å²) in [5.41, 5.74) is 4.11. The first-order chi connectivity index (χ1) is 8.74. The van der Waals surface area contributed by atoms with Gasteiger partial charge in [-0.2, -0.15) is 0 Å². The molecule has 0 amide bonds. The van der Waals surface area contributed by atoms with Crippen LogP contribution in [0.2, 0.25) is 0 Å². The number of methoxy groups -OCH3 is 1. The molecule has 1 aliphatic heterocycles. The molecule has 1 heterocycles. The number of hydrogen-bond donors (Lipinski definition) is 0. The van der Waals surface area contributed by atoms with Gasteiger partial charge in [0.1, 0.15) is 0 Å². The average Bonchev–Trinajstić information content (AvgIpc) is 2.39. The lowest BCUT2D eigenvalue weighted by molar-refractivity contribution is 0.143. The molecule has 0 radical (unpaired) electrons. The Hall–Kier alpha value is -0.540. The quantitative estimate of drug-likeness (QED) is 0.785. The Morgan fingerprint density at radius 1 is 1.44 bits per heavy atom. The zero-order valence-corrected chi connectivity index (χ0v) is 12.9. The Labute approximate surface area is 118 Å². The van der Waals surface area contributed by atoms with Crippen molar-refractivity contribution in [3.63, 3.8) is 0 Å². The Bertz CT molecular complexity index is 392. The summed E-state index contributed by atoms with van der Waals surface area (Å²) in [6, 6.07) is 6.80. The van der Waals surface area contributed by atoms with E-state index in [0.717, 1.165) is 18.5 Å². The summed E-state index contributed by atoms with van der Waals surface area (Å²) in [6.07, 6.45) is 2.57. The normalized spacial score (nSPS) is 20.2. The van der Waals surface area contributed by atoms with Gasteiger partial charge in [0, 0.05) is 31.2 Å². The third-order valence-corrected chi connectivity index (χ3v) is 4.36. The molecule has 1 aromatic carbocycles. The fraction of sp³-hybridized carbons (Fsp3) is 0.600. The standard InChI is InChI=1S/C15H22BrNO/c1-12-8-15(6-5-14(12)9-16)17-7-3-4-13(10-17)11-18-2/h5-6,8,13H,3-4,7,9-11H2,1-2H3. The van der Waals surface area contributed by atoms with E-state index in [9.17, 15) is 0 Å². The van der Waals surface area contributed by atoms with Gasteiger partial charge in [0.15, 0.2) is 0 Å². The molecule has 0 aromatic heterocycles. The van der Waals surface area contributed by atoms with Gasteiger partial charge in [-0.15, -0.1) is 0 Å². The van der Waals surface area contributed by atoms with Gasteiger partial charge in [-0.3, -0.25) is 0 Å². The van der Waals surface area contributed by atoms with Crippen LogP contribution in [0.15, 0.2) is 18.2 Å². The molecular formula is C15H22BrNO. The van der Waals surface area contributed by atoms with E-state index in [0.29, 0.717) is 5.92 Å². The van der Waals surface area contributed by atoms with Crippen LogP contribution in [0.25, 0.3) is 0 Å². The lowest BCUT2D eigenvalue weighted by atomic mass is 9.98. The van der Waals surface area contributed by atoms with E-state index in [1.807, 2.05) is 0 Å². The number of ether oxygens (including phenoxy) is 1. The van der Waals surface area contributed by atoms with Crippen LogP contribution in [-0.4, -0.2) is 26.8 Å². The van der Waals surface area contributed by atoms with Gasteiger partial charge < -0.3 is 9.64 Å². The molecule has 3 heteroatoms. The average molecular weight is 312 g/mol. The minimum atomic E-state index is 0.680. The second kappa shape index (κ2) is 6.58. The summed E-state index contributed by atoms with van der Waals surface area (Å²) in [5.74, 6) is 0.680. The van der Waals surface area contributed by atoms with Crippen molar-refractivity contribution in [3.05, 3.63) is 29.3 Å². The van der Waals surface area contributed by atoms with E-state index >= 15 is 0 Å². The second-order valence-electron chi connectivity index (χ2n) is 5.15. The van der Waals surface area contributed by atoms with Gasteiger partial charge in [-0.1, -0.05) is 22.0 Å². The Balaban J connectivity index is 2.08. The molecule has 100 valence electrons. The highest BCUT2D eigenvalue weighted by molar-refractivity contribution is 9.08. The third kappa shape index (κ3) is 3.27. The van der Waals surface area contributed by atoms with Crippen LogP contribution in [0.4, 0.5) is 5.69 Å². The summed E-state index contributed by atoms with van der Waals surface area (Å²) < 4.78 is 5.29. The molecule has 2 nitrogen and oxygen atoms in total. The number of nitrogens with zero attached hydrogens (tertiary/aromatic N) is 1. The number of piperidine rings is 1. The fourth-order valence-corrected chi connectivity index (χ4v) is 3.33. The predicted octanol–water partition coefficient (Wildman–Crippen LogP) is 3.75. The molecule has 1 atom stereocenters. The van der Waals surface area contributed by atoms with Crippen molar-refractivity contribution in [2.24, 2.45) is 5.92 Å². The van der Waals surface area contributed by atoms with Gasteiger partial charge in [0.05, 0.1) is 6.61 Å². The number of halogens is 1. The number of rotatable bonds is 4. The molecule has 0 N–H and O–H groups in total. The highest BCUT2D eigenvalue weighted by Gasteiger charge is 2.20. The zero-order valence-electron chi connectivity index (χ0n) is 11.3. The summed E-state index contributed by atoms with van der Waals surface area (Å²) in [5, 5.41) is 0.936. The second-order valence-corrected chi connectivity index (χ2v) is 5.71. The van der Waals surface area contributed by atoms with E-state index < -0.39 is 0 Å². The molecule has 1 fully saturated rings. The fourth-order valence-electron chi connectivity index (χ4n) is 2.70. The summed E-state index contributed by atoms with van der Waals surface area (Å²) >= 11 is 3.53. The molecule has 2 rings (SSSR count). The molecule has 1 saturated heterocycles. The van der Waals surface area contributed by atoms with Crippen LogP contribution in [0.3, 0.4) is 0 Å². The Morgan fingerprint density at radius 3 is 2.94 bits per heavy atom. The van der Waals surface area contributed by atoms with Crippen LogP contribution in [0, 0.1) is 12.8 Å². The topological polar surface area (TPSA) is 12.5 Å². The van der Waals surface area contributed by atoms with E-state index in [1.54, 1.807) is 7.11 Å². The van der Waals surface area contributed by atoms with Crippen LogP contribution >= 0.6 is 15.9 Å². The molecular weight excluding hydrogens is 290 g/mol. The summed E-state index contributed by atoms with van der Waals surface area (Å²) in [7, 11) is 1.80. The Kier molecular flexibility index (Phi) is 5.07. The predicted molar refractivity (Wildman–Crippen MR) is 80.6 cm³/mol. The van der Waals surface area contributed by atoms with Crippen molar-refractivity contribution in [1.82, 2.24) is 0 Å². The molecule has 1 aromatic rings. The molecule has 0 bridgehead atoms. The monoisotopic (exact) mass is 311 g/mol. The largest absolute Gasteiger partial charge is 0.384 e. The van der Waals surface area contributed by atoms with E-state index in [4.69, 9.17) is 4.74 Å². The first-order valence-corrected chi connectivity index (χ1v) is 7.76. The summed E-state index contributed by atoms with van der Waals surface area (Å²) in [4.78, 5) is 2.50. The highest BCUT2D eigenvalue weighted by atomic mass is 79.9. The SMILES string of the molecule is COCC1CCCN(c2ccc(CBr)c(C)c2)C1. The van der Waals surface area contributed by atoms with Gasteiger partial charge in [0.25, 0.3) is 0 Å². The Morgan fingerprint density at radius 2 is 2.28 bits per heavy atom. The number of alkyl halides is 1.